The first kappa shape index (κ1) is 12.9. The number of hydrogen-bond donors (Lipinski definition) is 1. The minimum atomic E-state index is -0.399. The van der Waals surface area contributed by atoms with Gasteiger partial charge in [0.2, 0.25) is 0 Å². The zero-order valence-corrected chi connectivity index (χ0v) is 11.0. The van der Waals surface area contributed by atoms with E-state index in [-0.39, 0.29) is 22.5 Å². The Labute approximate surface area is 106 Å². The third kappa shape index (κ3) is 2.07. The number of fused-ring (bicyclic) bond motifs is 1. The average molecular weight is 250 g/mol. The van der Waals surface area contributed by atoms with Crippen LogP contribution in [0.1, 0.15) is 66.5 Å². The molecule has 0 amide bonds. The van der Waals surface area contributed by atoms with Crippen LogP contribution >= 0.6 is 0 Å². The van der Waals surface area contributed by atoms with Gasteiger partial charge in [0.15, 0.2) is 11.6 Å². The van der Waals surface area contributed by atoms with Crippen LogP contribution < -0.4 is 0 Å². The van der Waals surface area contributed by atoms with E-state index in [1.54, 1.807) is 0 Å². The first-order valence-electron chi connectivity index (χ1n) is 6.26. The smallest absolute Gasteiger partial charge is 0.294 e. The van der Waals surface area contributed by atoms with Crippen LogP contribution in [0.3, 0.4) is 0 Å². The molecule has 0 aromatic carbocycles. The second kappa shape index (κ2) is 4.26. The van der Waals surface area contributed by atoms with Gasteiger partial charge in [0, 0.05) is 19.3 Å². The second-order valence-electron chi connectivity index (χ2n) is 5.69. The molecule has 4 nitrogen and oxygen atoms in total. The second-order valence-corrected chi connectivity index (χ2v) is 5.69. The van der Waals surface area contributed by atoms with E-state index in [1.807, 2.05) is 20.8 Å². The van der Waals surface area contributed by atoms with Crippen molar-refractivity contribution in [2.24, 2.45) is 5.41 Å². The van der Waals surface area contributed by atoms with E-state index in [9.17, 15) is 14.7 Å². The van der Waals surface area contributed by atoms with Crippen molar-refractivity contribution in [2.45, 2.75) is 46.5 Å². The molecule has 0 unspecified atom stereocenters. The Balaban J connectivity index is 2.50. The molecule has 0 aliphatic heterocycles. The van der Waals surface area contributed by atoms with Crippen molar-refractivity contribution in [2.75, 3.05) is 0 Å². The lowest BCUT2D eigenvalue weighted by Gasteiger charge is -2.27. The molecule has 1 heterocycles. The third-order valence-electron chi connectivity index (χ3n) is 3.28. The molecule has 1 aromatic rings. The van der Waals surface area contributed by atoms with Crippen molar-refractivity contribution in [3.63, 3.8) is 0 Å². The number of carbonyl (C=O) groups is 2. The van der Waals surface area contributed by atoms with Gasteiger partial charge in [-0.25, -0.2) is 0 Å². The third-order valence-corrected chi connectivity index (χ3v) is 3.28. The molecule has 0 spiro atoms. The van der Waals surface area contributed by atoms with E-state index >= 15 is 0 Å². The highest BCUT2D eigenvalue weighted by Crippen LogP contribution is 2.41. The van der Waals surface area contributed by atoms with Crippen LogP contribution in [0.25, 0.3) is 0 Å². The highest BCUT2D eigenvalue weighted by molar-refractivity contribution is 6.11. The molecule has 0 atom stereocenters. The summed E-state index contributed by atoms with van der Waals surface area (Å²) in [5, 5.41) is 9.75. The van der Waals surface area contributed by atoms with Gasteiger partial charge in [-0.05, 0) is 11.8 Å². The summed E-state index contributed by atoms with van der Waals surface area (Å²) in [5.74, 6) is -0.268. The van der Waals surface area contributed by atoms with Crippen molar-refractivity contribution in [3.05, 3.63) is 16.9 Å². The molecule has 0 radical (unpaired) electrons. The number of furan rings is 1. The number of hydrogen-bond acceptors (Lipinski definition) is 4. The lowest BCUT2D eigenvalue weighted by atomic mass is 9.75. The van der Waals surface area contributed by atoms with Gasteiger partial charge in [-0.2, -0.15) is 0 Å². The standard InChI is InChI=1S/C14H18O4/c1-4-5-8(15)12-11-9(16)6-14(2,3)7-10(11)18-13(12)17/h17H,4-7H2,1-3H3. The van der Waals surface area contributed by atoms with Crippen molar-refractivity contribution in [1.82, 2.24) is 0 Å². The molecule has 1 aliphatic carbocycles. The average Bonchev–Trinajstić information content (AvgIpc) is 2.52. The number of Topliss-reactive ketones (excluding diaryl/α,β-unsaturated/α-hetero) is 2. The SMILES string of the molecule is CCCC(=O)c1c(O)oc2c1C(=O)CC(C)(C)C2. The molecular formula is C14H18O4. The Morgan fingerprint density at radius 3 is 2.67 bits per heavy atom. The van der Waals surface area contributed by atoms with Gasteiger partial charge in [0.05, 0.1) is 5.56 Å². The van der Waals surface area contributed by atoms with Gasteiger partial charge in [0.25, 0.3) is 5.95 Å². The maximum absolute atomic E-state index is 12.1. The maximum Gasteiger partial charge on any atom is 0.294 e. The van der Waals surface area contributed by atoms with Gasteiger partial charge in [-0.3, -0.25) is 9.59 Å². The summed E-state index contributed by atoms with van der Waals surface area (Å²) in [6.45, 7) is 5.83. The highest BCUT2D eigenvalue weighted by Gasteiger charge is 2.38. The topological polar surface area (TPSA) is 67.5 Å². The van der Waals surface area contributed by atoms with Crippen LogP contribution in [0.2, 0.25) is 0 Å². The zero-order valence-electron chi connectivity index (χ0n) is 11.0. The number of carbonyl (C=O) groups excluding carboxylic acids is 2. The van der Waals surface area contributed by atoms with Crippen molar-refractivity contribution < 1.29 is 19.1 Å². The summed E-state index contributed by atoms with van der Waals surface area (Å²) in [5.41, 5.74) is 0.219. The fraction of sp³-hybridized carbons (Fsp3) is 0.571. The fourth-order valence-electron chi connectivity index (χ4n) is 2.52. The van der Waals surface area contributed by atoms with Crippen molar-refractivity contribution >= 4 is 11.6 Å². The molecule has 0 bridgehead atoms. The van der Waals surface area contributed by atoms with Gasteiger partial charge in [0.1, 0.15) is 11.3 Å². The minimum absolute atomic E-state index is 0.0901. The maximum atomic E-state index is 12.1. The molecule has 1 aromatic heterocycles. The summed E-state index contributed by atoms with van der Waals surface area (Å²) >= 11 is 0. The normalized spacial score (nSPS) is 17.6. The lowest BCUT2D eigenvalue weighted by molar-refractivity contribution is 0.0891. The predicted molar refractivity (Wildman–Crippen MR) is 66.0 cm³/mol. The summed E-state index contributed by atoms with van der Waals surface area (Å²) in [7, 11) is 0. The Kier molecular flexibility index (Phi) is 3.05. The first-order valence-corrected chi connectivity index (χ1v) is 6.26. The van der Waals surface area contributed by atoms with E-state index in [1.165, 1.54) is 0 Å². The Bertz CT molecular complexity index is 508. The number of ketones is 2. The summed E-state index contributed by atoms with van der Waals surface area (Å²) in [6, 6.07) is 0. The van der Waals surface area contributed by atoms with Gasteiger partial charge in [-0.15, -0.1) is 0 Å². The summed E-state index contributed by atoms with van der Waals surface area (Å²) in [4.78, 5) is 24.1. The minimum Gasteiger partial charge on any atom is -0.480 e. The van der Waals surface area contributed by atoms with Gasteiger partial charge >= 0.3 is 0 Å². The molecule has 2 rings (SSSR count). The fourth-order valence-corrected chi connectivity index (χ4v) is 2.52. The van der Waals surface area contributed by atoms with Crippen molar-refractivity contribution in [3.8, 4) is 5.95 Å². The number of aromatic hydroxyl groups is 1. The van der Waals surface area contributed by atoms with Gasteiger partial charge in [-0.1, -0.05) is 20.8 Å². The molecule has 0 saturated carbocycles. The monoisotopic (exact) mass is 250 g/mol. The van der Waals surface area contributed by atoms with Crippen LogP contribution in [0.4, 0.5) is 0 Å². The molecular weight excluding hydrogens is 232 g/mol. The quantitative estimate of drug-likeness (QED) is 0.837. The molecule has 0 fully saturated rings. The molecule has 18 heavy (non-hydrogen) atoms. The Hall–Kier alpha value is -1.58. The van der Waals surface area contributed by atoms with Crippen LogP contribution in [-0.4, -0.2) is 16.7 Å². The Morgan fingerprint density at radius 1 is 1.39 bits per heavy atom. The highest BCUT2D eigenvalue weighted by atomic mass is 16.5. The molecule has 1 aliphatic rings. The van der Waals surface area contributed by atoms with Crippen LogP contribution in [0.15, 0.2) is 4.42 Å². The van der Waals surface area contributed by atoms with Crippen LogP contribution in [0, 0.1) is 5.41 Å². The molecule has 4 heteroatoms. The van der Waals surface area contributed by atoms with E-state index in [2.05, 4.69) is 0 Å². The van der Waals surface area contributed by atoms with E-state index in [0.29, 0.717) is 37.0 Å². The van der Waals surface area contributed by atoms with E-state index < -0.39 is 5.95 Å². The lowest BCUT2D eigenvalue weighted by Crippen LogP contribution is -2.27. The molecule has 98 valence electrons. The van der Waals surface area contributed by atoms with Gasteiger partial charge < -0.3 is 9.52 Å². The Morgan fingerprint density at radius 2 is 2.06 bits per heavy atom. The van der Waals surface area contributed by atoms with E-state index in [0.717, 1.165) is 0 Å². The van der Waals surface area contributed by atoms with E-state index in [4.69, 9.17) is 4.42 Å². The van der Waals surface area contributed by atoms with Crippen LogP contribution in [-0.2, 0) is 6.42 Å². The predicted octanol–water partition coefficient (Wildman–Crippen LogP) is 3.12. The first-order chi connectivity index (χ1) is 8.35. The largest absolute Gasteiger partial charge is 0.480 e. The summed E-state index contributed by atoms with van der Waals surface area (Å²) in [6.07, 6.45) is 1.94. The zero-order chi connectivity index (χ0) is 13.5. The number of rotatable bonds is 3. The molecule has 0 saturated heterocycles. The summed E-state index contributed by atoms with van der Waals surface area (Å²) < 4.78 is 5.22. The van der Waals surface area contributed by atoms with Crippen molar-refractivity contribution in [1.29, 1.82) is 0 Å². The molecule has 1 N–H and O–H groups in total. The van der Waals surface area contributed by atoms with Crippen LogP contribution in [0.5, 0.6) is 5.95 Å².